The van der Waals surface area contributed by atoms with Crippen molar-refractivity contribution in [1.29, 1.82) is 0 Å². The van der Waals surface area contributed by atoms with Gasteiger partial charge in [-0.05, 0) is 38.0 Å². The second-order valence-electron chi connectivity index (χ2n) is 7.40. The summed E-state index contributed by atoms with van der Waals surface area (Å²) >= 11 is 0. The number of para-hydroxylation sites is 2. The van der Waals surface area contributed by atoms with Gasteiger partial charge in [-0.15, -0.1) is 0 Å². The quantitative estimate of drug-likeness (QED) is 0.719. The highest BCUT2D eigenvalue weighted by Gasteiger charge is 2.29. The van der Waals surface area contributed by atoms with Crippen molar-refractivity contribution in [1.82, 2.24) is 4.31 Å². The highest BCUT2D eigenvalue weighted by atomic mass is 32.2. The van der Waals surface area contributed by atoms with Crippen LogP contribution in [0.1, 0.15) is 19.8 Å². The standard InChI is InChI=1S/C21H28N4O3S/c1-2-28-20-8-4-3-7-19(20)23-13-15-24(16-14-23)21-10-9-18(17-22-21)29(26,27)25-11-5-6-12-25/h3-4,7-10,17H,2,5-6,11-16H2,1H3/p+1. The SMILES string of the molecule is CCOc1ccccc1N1CCN(c2ccc(S(=O)(=O)N3CCCC3)c[nH+]2)CC1. The molecule has 8 heteroatoms. The summed E-state index contributed by atoms with van der Waals surface area (Å²) in [4.78, 5) is 8.14. The van der Waals surface area contributed by atoms with Gasteiger partial charge < -0.3 is 9.64 Å². The smallest absolute Gasteiger partial charge is 0.274 e. The third kappa shape index (κ3) is 4.18. The van der Waals surface area contributed by atoms with Crippen LogP contribution in [0, 0.1) is 0 Å². The van der Waals surface area contributed by atoms with Crippen LogP contribution >= 0.6 is 0 Å². The molecular weight excluding hydrogens is 388 g/mol. The van der Waals surface area contributed by atoms with Crippen LogP contribution in [-0.4, -0.2) is 58.6 Å². The number of rotatable bonds is 6. The van der Waals surface area contributed by atoms with Crippen molar-refractivity contribution < 1.29 is 18.1 Å². The van der Waals surface area contributed by atoms with Crippen molar-refractivity contribution in [2.45, 2.75) is 24.7 Å². The summed E-state index contributed by atoms with van der Waals surface area (Å²) in [7, 11) is -3.38. The number of nitrogens with one attached hydrogen (secondary N) is 1. The van der Waals surface area contributed by atoms with Gasteiger partial charge in [0.1, 0.15) is 29.9 Å². The van der Waals surface area contributed by atoms with Crippen LogP contribution in [0.3, 0.4) is 0 Å². The van der Waals surface area contributed by atoms with E-state index in [0.29, 0.717) is 24.6 Å². The number of pyridine rings is 1. The molecule has 0 radical (unpaired) electrons. The Balaban J connectivity index is 1.41. The van der Waals surface area contributed by atoms with Crippen LogP contribution in [0.4, 0.5) is 11.5 Å². The molecule has 0 atom stereocenters. The molecular formula is C21H29N4O3S+. The minimum absolute atomic E-state index is 0.340. The van der Waals surface area contributed by atoms with Crippen LogP contribution in [0.15, 0.2) is 47.5 Å². The molecule has 1 aromatic carbocycles. The first-order chi connectivity index (χ1) is 14.1. The minimum atomic E-state index is -3.38. The molecule has 1 N–H and O–H groups in total. The first-order valence-electron chi connectivity index (χ1n) is 10.3. The molecule has 0 amide bonds. The average molecular weight is 418 g/mol. The number of nitrogens with zero attached hydrogens (tertiary/aromatic N) is 3. The number of H-pyrrole nitrogens is 1. The van der Waals surface area contributed by atoms with E-state index in [4.69, 9.17) is 4.74 Å². The van der Waals surface area contributed by atoms with Crippen molar-refractivity contribution in [3.05, 3.63) is 42.6 Å². The molecule has 2 fully saturated rings. The number of hydrogen-bond acceptors (Lipinski definition) is 5. The summed E-state index contributed by atoms with van der Waals surface area (Å²) in [6, 6.07) is 11.8. The number of hydrogen-bond donors (Lipinski definition) is 0. The van der Waals surface area contributed by atoms with Crippen LogP contribution in [-0.2, 0) is 10.0 Å². The lowest BCUT2D eigenvalue weighted by molar-refractivity contribution is -0.367. The summed E-state index contributed by atoms with van der Waals surface area (Å²) < 4.78 is 32.7. The van der Waals surface area contributed by atoms with E-state index in [-0.39, 0.29) is 0 Å². The molecule has 2 aliphatic heterocycles. The van der Waals surface area contributed by atoms with Crippen molar-refractivity contribution in [2.24, 2.45) is 0 Å². The first kappa shape index (κ1) is 20.0. The Labute approximate surface area is 172 Å². The number of anilines is 2. The lowest BCUT2D eigenvalue weighted by Gasteiger charge is -2.33. The van der Waals surface area contributed by atoms with Crippen LogP contribution in [0.5, 0.6) is 5.75 Å². The molecule has 2 saturated heterocycles. The molecule has 0 aliphatic carbocycles. The second-order valence-corrected chi connectivity index (χ2v) is 9.33. The van der Waals surface area contributed by atoms with Crippen LogP contribution in [0.2, 0.25) is 0 Å². The van der Waals surface area contributed by atoms with Gasteiger partial charge in [0, 0.05) is 19.2 Å². The van der Waals surface area contributed by atoms with E-state index in [1.807, 2.05) is 31.2 Å². The molecule has 7 nitrogen and oxygen atoms in total. The third-order valence-electron chi connectivity index (χ3n) is 5.60. The Morgan fingerprint density at radius 2 is 1.62 bits per heavy atom. The fraction of sp³-hybridized carbons (Fsp3) is 0.476. The van der Waals surface area contributed by atoms with Gasteiger partial charge >= 0.3 is 0 Å². The van der Waals surface area contributed by atoms with Gasteiger partial charge in [-0.1, -0.05) is 12.1 Å². The predicted octanol–water partition coefficient (Wildman–Crippen LogP) is 2.01. The highest BCUT2D eigenvalue weighted by molar-refractivity contribution is 7.89. The summed E-state index contributed by atoms with van der Waals surface area (Å²) in [6.45, 7) is 7.36. The van der Waals surface area contributed by atoms with Crippen molar-refractivity contribution in [3.8, 4) is 5.75 Å². The second kappa shape index (κ2) is 8.59. The molecule has 0 spiro atoms. The summed E-state index contributed by atoms with van der Waals surface area (Å²) in [5, 5.41) is 0. The molecule has 3 heterocycles. The van der Waals surface area contributed by atoms with E-state index >= 15 is 0 Å². The minimum Gasteiger partial charge on any atom is -0.492 e. The fourth-order valence-corrected chi connectivity index (χ4v) is 5.51. The van der Waals surface area contributed by atoms with Crippen LogP contribution < -0.4 is 19.5 Å². The molecule has 156 valence electrons. The monoisotopic (exact) mass is 417 g/mol. The van der Waals surface area contributed by atoms with Gasteiger partial charge in [0.05, 0.1) is 25.4 Å². The van der Waals surface area contributed by atoms with Crippen LogP contribution in [0.25, 0.3) is 0 Å². The van der Waals surface area contributed by atoms with Gasteiger partial charge in [-0.2, -0.15) is 4.31 Å². The summed E-state index contributed by atoms with van der Waals surface area (Å²) in [5.74, 6) is 1.87. The zero-order valence-corrected chi connectivity index (χ0v) is 17.7. The van der Waals surface area contributed by atoms with Gasteiger partial charge in [0.2, 0.25) is 10.0 Å². The van der Waals surface area contributed by atoms with Gasteiger partial charge in [-0.25, -0.2) is 13.4 Å². The first-order valence-corrected chi connectivity index (χ1v) is 11.8. The Bertz CT molecular complexity index is 919. The third-order valence-corrected chi connectivity index (χ3v) is 7.49. The van der Waals surface area contributed by atoms with E-state index in [1.54, 1.807) is 16.6 Å². The average Bonchev–Trinajstić information content (AvgIpc) is 3.31. The Morgan fingerprint density at radius 3 is 2.28 bits per heavy atom. The molecule has 4 rings (SSSR count). The number of sulfonamides is 1. The lowest BCUT2D eigenvalue weighted by atomic mass is 10.2. The molecule has 0 bridgehead atoms. The maximum atomic E-state index is 12.7. The maximum Gasteiger partial charge on any atom is 0.274 e. The molecule has 2 aromatic rings. The Morgan fingerprint density at radius 1 is 0.931 bits per heavy atom. The largest absolute Gasteiger partial charge is 0.492 e. The molecule has 29 heavy (non-hydrogen) atoms. The normalized spacial score (nSPS) is 18.2. The summed E-state index contributed by atoms with van der Waals surface area (Å²) in [6.07, 6.45) is 3.51. The Hall–Kier alpha value is -2.32. The Kier molecular flexibility index (Phi) is 5.91. The van der Waals surface area contributed by atoms with E-state index in [9.17, 15) is 8.42 Å². The van der Waals surface area contributed by atoms with E-state index in [2.05, 4.69) is 20.9 Å². The summed E-state index contributed by atoms with van der Waals surface area (Å²) in [5.41, 5.74) is 1.13. The van der Waals surface area contributed by atoms with Gasteiger partial charge in [0.15, 0.2) is 0 Å². The zero-order chi connectivity index (χ0) is 20.3. The number of ether oxygens (including phenoxy) is 1. The number of aromatic nitrogens is 1. The highest BCUT2D eigenvalue weighted by Crippen LogP contribution is 2.29. The van der Waals surface area contributed by atoms with E-state index in [0.717, 1.165) is 56.3 Å². The maximum absolute atomic E-state index is 12.7. The number of piperazine rings is 1. The van der Waals surface area contributed by atoms with Crippen molar-refractivity contribution in [3.63, 3.8) is 0 Å². The lowest BCUT2D eigenvalue weighted by Crippen LogP contribution is -2.48. The predicted molar refractivity (Wildman–Crippen MR) is 113 cm³/mol. The number of aromatic amines is 1. The van der Waals surface area contributed by atoms with E-state index < -0.39 is 10.0 Å². The van der Waals surface area contributed by atoms with Crippen molar-refractivity contribution in [2.75, 3.05) is 55.7 Å². The topological polar surface area (TPSA) is 67.2 Å². The fourth-order valence-electron chi connectivity index (χ4n) is 4.02. The number of benzene rings is 1. The molecule has 2 aliphatic rings. The van der Waals surface area contributed by atoms with Gasteiger partial charge in [0.25, 0.3) is 5.82 Å². The van der Waals surface area contributed by atoms with Gasteiger partial charge in [-0.3, -0.25) is 4.90 Å². The molecule has 1 aromatic heterocycles. The van der Waals surface area contributed by atoms with E-state index in [1.165, 1.54) is 0 Å². The van der Waals surface area contributed by atoms with Crippen molar-refractivity contribution >= 4 is 21.5 Å². The molecule has 0 saturated carbocycles. The molecule has 0 unspecified atom stereocenters. The zero-order valence-electron chi connectivity index (χ0n) is 16.9.